The standard InChI is InChI=1S/C59H64N4O/c1-38-18-17-21-52-55(38)62(45-30-42(57(5,6)7)29-43(31-45)58(8,9)10)37-61(52)46-32-44(59(11,12)13)33-48(35-46)64-47-23-24-49-50-28-40(39-19-15-14-16-20-39)22-25-51(50)63(53(49)36-47)54-34-41(26-27-60-54)56(2,3)4/h14-36H,37H2,1-13H3/i1D3. The molecule has 0 radical (unpaired) electrons. The van der Waals surface area contributed by atoms with Gasteiger partial charge in [-0.25, -0.2) is 4.98 Å². The van der Waals surface area contributed by atoms with E-state index >= 15 is 0 Å². The Balaban J connectivity index is 1.19. The van der Waals surface area contributed by atoms with Crippen LogP contribution in [0.4, 0.5) is 22.7 Å². The Morgan fingerprint density at radius 1 is 0.500 bits per heavy atom. The molecule has 0 atom stereocenters. The Morgan fingerprint density at radius 2 is 1.16 bits per heavy atom. The number of para-hydroxylation sites is 1. The minimum absolute atomic E-state index is 0.0615. The molecule has 0 unspecified atom stereocenters. The van der Waals surface area contributed by atoms with Gasteiger partial charge < -0.3 is 14.5 Å². The van der Waals surface area contributed by atoms with Gasteiger partial charge in [-0.2, -0.15) is 0 Å². The molecule has 9 rings (SSSR count). The van der Waals surface area contributed by atoms with Gasteiger partial charge in [0.05, 0.1) is 22.4 Å². The van der Waals surface area contributed by atoms with Gasteiger partial charge in [-0.15, -0.1) is 0 Å². The fraction of sp³-hybridized carbons (Fsp3) is 0.305. The maximum Gasteiger partial charge on any atom is 0.137 e. The number of hydrogen-bond acceptors (Lipinski definition) is 4. The van der Waals surface area contributed by atoms with Crippen LogP contribution in [0.2, 0.25) is 0 Å². The van der Waals surface area contributed by atoms with Gasteiger partial charge in [0, 0.05) is 44.6 Å². The van der Waals surface area contributed by atoms with Gasteiger partial charge in [0.2, 0.25) is 0 Å². The molecular weight excluding hydrogens is 781 g/mol. The zero-order valence-corrected chi connectivity index (χ0v) is 39.7. The summed E-state index contributed by atoms with van der Waals surface area (Å²) in [4.78, 5) is 9.40. The molecule has 0 saturated heterocycles. The van der Waals surface area contributed by atoms with Crippen LogP contribution in [0.3, 0.4) is 0 Å². The molecule has 0 fully saturated rings. The summed E-state index contributed by atoms with van der Waals surface area (Å²) >= 11 is 0. The predicted octanol–water partition coefficient (Wildman–Crippen LogP) is 16.4. The third-order valence-corrected chi connectivity index (χ3v) is 12.8. The van der Waals surface area contributed by atoms with Crippen molar-refractivity contribution in [2.45, 2.75) is 112 Å². The van der Waals surface area contributed by atoms with Crippen LogP contribution in [-0.2, 0) is 21.7 Å². The summed E-state index contributed by atoms with van der Waals surface area (Å²) < 4.78 is 35.5. The molecule has 326 valence electrons. The zero-order valence-electron chi connectivity index (χ0n) is 42.7. The minimum atomic E-state index is -2.33. The number of pyridine rings is 1. The molecule has 6 aromatic carbocycles. The van der Waals surface area contributed by atoms with Crippen LogP contribution >= 0.6 is 0 Å². The molecule has 0 amide bonds. The zero-order chi connectivity index (χ0) is 48.0. The van der Waals surface area contributed by atoms with Gasteiger partial charge in [-0.05, 0) is 134 Å². The molecule has 1 aliphatic rings. The smallest absolute Gasteiger partial charge is 0.137 e. The first-order valence-electron chi connectivity index (χ1n) is 24.1. The molecule has 8 aromatic rings. The van der Waals surface area contributed by atoms with E-state index in [1.54, 1.807) is 6.07 Å². The van der Waals surface area contributed by atoms with E-state index in [-0.39, 0.29) is 21.7 Å². The van der Waals surface area contributed by atoms with Crippen LogP contribution in [0.15, 0.2) is 140 Å². The number of ether oxygens (including phenoxy) is 1. The third kappa shape index (κ3) is 8.06. The SMILES string of the molecule is [2H]C([2H])([2H])c1cccc2c1N(c1cc(C(C)(C)C)cc(C(C)(C)C)c1)CN2c1cc(Oc2ccc3c4cc(-c5ccccc5)ccc4n(-c4cc(C(C)(C)C)ccn4)c3c2)cc(C(C)(C)C)c1. The predicted molar refractivity (Wildman–Crippen MR) is 272 cm³/mol. The molecular formula is C59H64N4O. The highest BCUT2D eigenvalue weighted by Crippen LogP contribution is 2.49. The number of rotatable bonds is 6. The molecule has 0 aliphatic carbocycles. The number of fused-ring (bicyclic) bond motifs is 4. The topological polar surface area (TPSA) is 33.5 Å². The maximum atomic E-state index is 8.74. The van der Waals surface area contributed by atoms with Crippen molar-refractivity contribution < 1.29 is 8.85 Å². The lowest BCUT2D eigenvalue weighted by molar-refractivity contribution is 0.479. The summed E-state index contributed by atoms with van der Waals surface area (Å²) in [6.07, 6.45) is 1.91. The van der Waals surface area contributed by atoms with Crippen molar-refractivity contribution >= 4 is 44.6 Å². The van der Waals surface area contributed by atoms with Gasteiger partial charge in [-0.3, -0.25) is 4.57 Å². The van der Waals surface area contributed by atoms with E-state index < -0.39 is 6.85 Å². The Morgan fingerprint density at radius 3 is 1.81 bits per heavy atom. The number of aromatic nitrogens is 2. The first-order chi connectivity index (χ1) is 31.3. The van der Waals surface area contributed by atoms with Crippen LogP contribution in [0.1, 0.15) is 115 Å². The van der Waals surface area contributed by atoms with Crippen LogP contribution in [-0.4, -0.2) is 16.2 Å². The molecule has 1 aliphatic heterocycles. The Bertz CT molecular complexity index is 3140. The van der Waals surface area contributed by atoms with Crippen LogP contribution in [0.25, 0.3) is 38.8 Å². The van der Waals surface area contributed by atoms with Gasteiger partial charge in [0.15, 0.2) is 0 Å². The summed E-state index contributed by atoms with van der Waals surface area (Å²) in [6.45, 7) is 24.8. The summed E-state index contributed by atoms with van der Waals surface area (Å²) in [5.41, 5.74) is 12.3. The number of benzene rings is 6. The summed E-state index contributed by atoms with van der Waals surface area (Å²) in [5.74, 6) is 2.25. The lowest BCUT2D eigenvalue weighted by atomic mass is 9.80. The molecule has 5 heteroatoms. The van der Waals surface area contributed by atoms with E-state index in [1.807, 2.05) is 24.4 Å². The van der Waals surface area contributed by atoms with E-state index in [0.29, 0.717) is 29.4 Å². The molecule has 64 heavy (non-hydrogen) atoms. The number of anilines is 4. The van der Waals surface area contributed by atoms with Crippen molar-refractivity contribution in [3.63, 3.8) is 0 Å². The molecule has 3 heterocycles. The summed E-state index contributed by atoms with van der Waals surface area (Å²) in [6, 6.07) is 46.8. The van der Waals surface area contributed by atoms with E-state index in [2.05, 4.69) is 207 Å². The van der Waals surface area contributed by atoms with E-state index in [4.69, 9.17) is 13.8 Å². The molecule has 2 aromatic heterocycles. The molecule has 0 spiro atoms. The van der Waals surface area contributed by atoms with E-state index in [1.165, 1.54) is 22.3 Å². The van der Waals surface area contributed by atoms with Crippen molar-refractivity contribution in [3.8, 4) is 28.4 Å². The maximum absolute atomic E-state index is 8.74. The Kier molecular flexibility index (Phi) is 9.47. The molecule has 0 N–H and O–H groups in total. The van der Waals surface area contributed by atoms with Gasteiger partial charge in [0.1, 0.15) is 24.0 Å². The Labute approximate surface area is 385 Å². The lowest BCUT2D eigenvalue weighted by Crippen LogP contribution is -2.26. The summed E-state index contributed by atoms with van der Waals surface area (Å²) in [7, 11) is 0. The quantitative estimate of drug-likeness (QED) is 0.167. The highest BCUT2D eigenvalue weighted by atomic mass is 16.5. The van der Waals surface area contributed by atoms with Crippen LogP contribution < -0.4 is 14.5 Å². The average molecular weight is 848 g/mol. The normalized spacial score (nSPS) is 14.5. The highest BCUT2D eigenvalue weighted by molar-refractivity contribution is 6.10. The second-order valence-corrected chi connectivity index (χ2v) is 21.8. The van der Waals surface area contributed by atoms with Crippen molar-refractivity contribution in [3.05, 3.63) is 167 Å². The van der Waals surface area contributed by atoms with E-state index in [9.17, 15) is 0 Å². The number of nitrogens with zero attached hydrogens (tertiary/aromatic N) is 4. The first-order valence-corrected chi connectivity index (χ1v) is 22.6. The molecule has 5 nitrogen and oxygen atoms in total. The fourth-order valence-electron chi connectivity index (χ4n) is 8.88. The fourth-order valence-corrected chi connectivity index (χ4v) is 8.88. The monoisotopic (exact) mass is 848 g/mol. The van der Waals surface area contributed by atoms with Gasteiger partial charge >= 0.3 is 0 Å². The average Bonchev–Trinajstić information content (AvgIpc) is 3.81. The second kappa shape index (κ2) is 15.4. The first kappa shape index (κ1) is 39.3. The molecule has 0 bridgehead atoms. The highest BCUT2D eigenvalue weighted by Gasteiger charge is 2.33. The number of hydrogen-bond donors (Lipinski definition) is 0. The third-order valence-electron chi connectivity index (χ3n) is 12.8. The number of aryl methyl sites for hydroxylation is 1. The summed E-state index contributed by atoms with van der Waals surface area (Å²) in [5, 5.41) is 2.25. The van der Waals surface area contributed by atoms with Crippen LogP contribution in [0, 0.1) is 6.85 Å². The lowest BCUT2D eigenvalue weighted by Gasteiger charge is -2.30. The van der Waals surface area contributed by atoms with Crippen molar-refractivity contribution in [1.82, 2.24) is 9.55 Å². The van der Waals surface area contributed by atoms with E-state index in [0.717, 1.165) is 55.8 Å². The van der Waals surface area contributed by atoms with Crippen molar-refractivity contribution in [2.24, 2.45) is 0 Å². The van der Waals surface area contributed by atoms with Gasteiger partial charge in [-0.1, -0.05) is 138 Å². The van der Waals surface area contributed by atoms with Gasteiger partial charge in [0.25, 0.3) is 0 Å². The van der Waals surface area contributed by atoms with Crippen molar-refractivity contribution in [1.29, 1.82) is 0 Å². The van der Waals surface area contributed by atoms with Crippen molar-refractivity contribution in [2.75, 3.05) is 16.5 Å². The van der Waals surface area contributed by atoms with Crippen LogP contribution in [0.5, 0.6) is 11.5 Å². The Hall–Kier alpha value is -6.33. The molecule has 0 saturated carbocycles. The minimum Gasteiger partial charge on any atom is -0.457 e. The second-order valence-electron chi connectivity index (χ2n) is 21.8. The largest absolute Gasteiger partial charge is 0.457 e.